The Labute approximate surface area is 120 Å². The molecule has 1 heterocycles. The Morgan fingerprint density at radius 3 is 2.76 bits per heavy atom. The SMILES string of the molecule is N#Cc1c(F)cccc1Nc1ccc(N)c2ncccc12. The van der Waals surface area contributed by atoms with E-state index in [1.54, 1.807) is 36.5 Å². The topological polar surface area (TPSA) is 74.7 Å². The Bertz CT molecular complexity index is 868. The van der Waals surface area contributed by atoms with E-state index in [-0.39, 0.29) is 5.56 Å². The van der Waals surface area contributed by atoms with Crippen LogP contribution in [0.25, 0.3) is 10.9 Å². The highest BCUT2D eigenvalue weighted by atomic mass is 19.1. The highest BCUT2D eigenvalue weighted by Crippen LogP contribution is 2.30. The van der Waals surface area contributed by atoms with Gasteiger partial charge in [-0.15, -0.1) is 0 Å². The number of hydrogen-bond acceptors (Lipinski definition) is 4. The Morgan fingerprint density at radius 2 is 1.95 bits per heavy atom. The number of pyridine rings is 1. The van der Waals surface area contributed by atoms with Crippen molar-refractivity contribution in [3.63, 3.8) is 0 Å². The molecule has 5 heteroatoms. The van der Waals surface area contributed by atoms with Gasteiger partial charge >= 0.3 is 0 Å². The Balaban J connectivity index is 2.14. The van der Waals surface area contributed by atoms with E-state index in [1.165, 1.54) is 6.07 Å². The molecule has 0 aliphatic heterocycles. The molecule has 0 bridgehead atoms. The second kappa shape index (κ2) is 5.10. The number of nitriles is 1. The van der Waals surface area contributed by atoms with Crippen LogP contribution in [0.4, 0.5) is 21.5 Å². The molecule has 102 valence electrons. The largest absolute Gasteiger partial charge is 0.397 e. The van der Waals surface area contributed by atoms with Gasteiger partial charge in [-0.3, -0.25) is 4.98 Å². The van der Waals surface area contributed by atoms with E-state index in [9.17, 15) is 4.39 Å². The van der Waals surface area contributed by atoms with Crippen LogP contribution in [-0.2, 0) is 0 Å². The van der Waals surface area contributed by atoms with Crippen molar-refractivity contribution >= 4 is 28.0 Å². The summed E-state index contributed by atoms with van der Waals surface area (Å²) in [6.07, 6.45) is 1.66. The standard InChI is InChI=1S/C16H11FN4/c17-12-4-1-5-14(11(12)9-18)21-15-7-6-13(19)16-10(15)3-2-8-20-16/h1-8,21H,19H2. The van der Waals surface area contributed by atoms with Crippen LogP contribution in [0.2, 0.25) is 0 Å². The van der Waals surface area contributed by atoms with Crippen LogP contribution in [0, 0.1) is 17.1 Å². The quantitative estimate of drug-likeness (QED) is 0.703. The van der Waals surface area contributed by atoms with E-state index in [2.05, 4.69) is 10.3 Å². The number of rotatable bonds is 2. The second-order valence-corrected chi connectivity index (χ2v) is 4.50. The Hall–Kier alpha value is -3.13. The highest BCUT2D eigenvalue weighted by molar-refractivity contribution is 5.99. The van der Waals surface area contributed by atoms with Crippen molar-refractivity contribution in [3.8, 4) is 6.07 Å². The minimum atomic E-state index is -0.555. The first-order valence-electron chi connectivity index (χ1n) is 6.29. The van der Waals surface area contributed by atoms with Crippen molar-refractivity contribution in [2.45, 2.75) is 0 Å². The Kier molecular flexibility index (Phi) is 3.13. The lowest BCUT2D eigenvalue weighted by Gasteiger charge is -2.12. The molecule has 0 atom stereocenters. The summed E-state index contributed by atoms with van der Waals surface area (Å²) in [4.78, 5) is 4.24. The van der Waals surface area contributed by atoms with Gasteiger partial charge in [-0.05, 0) is 36.4 Å². The van der Waals surface area contributed by atoms with Crippen molar-refractivity contribution in [2.75, 3.05) is 11.1 Å². The van der Waals surface area contributed by atoms with Gasteiger partial charge in [-0.1, -0.05) is 6.07 Å². The van der Waals surface area contributed by atoms with Gasteiger partial charge < -0.3 is 11.1 Å². The third-order valence-electron chi connectivity index (χ3n) is 3.20. The average Bonchev–Trinajstić information content (AvgIpc) is 2.51. The van der Waals surface area contributed by atoms with Crippen molar-refractivity contribution < 1.29 is 4.39 Å². The van der Waals surface area contributed by atoms with Gasteiger partial charge in [0.05, 0.1) is 16.9 Å². The number of nitrogen functional groups attached to an aromatic ring is 1. The van der Waals surface area contributed by atoms with E-state index in [0.29, 0.717) is 16.9 Å². The third-order valence-corrected chi connectivity index (χ3v) is 3.20. The van der Waals surface area contributed by atoms with Gasteiger partial charge in [0.1, 0.15) is 17.4 Å². The molecule has 0 saturated carbocycles. The van der Waals surface area contributed by atoms with Gasteiger partial charge in [0, 0.05) is 17.3 Å². The van der Waals surface area contributed by atoms with Crippen LogP contribution in [0.5, 0.6) is 0 Å². The summed E-state index contributed by atoms with van der Waals surface area (Å²) in [5.74, 6) is -0.555. The molecular formula is C16H11FN4. The Morgan fingerprint density at radius 1 is 1.10 bits per heavy atom. The molecule has 2 aromatic carbocycles. The van der Waals surface area contributed by atoms with Crippen molar-refractivity contribution in [1.82, 2.24) is 4.98 Å². The average molecular weight is 278 g/mol. The summed E-state index contributed by atoms with van der Waals surface area (Å²) in [6.45, 7) is 0. The van der Waals surface area contributed by atoms with Crippen LogP contribution in [-0.4, -0.2) is 4.98 Å². The molecule has 3 aromatic rings. The number of hydrogen-bond donors (Lipinski definition) is 2. The zero-order valence-corrected chi connectivity index (χ0v) is 11.0. The second-order valence-electron chi connectivity index (χ2n) is 4.50. The van der Waals surface area contributed by atoms with Crippen LogP contribution in [0.1, 0.15) is 5.56 Å². The highest BCUT2D eigenvalue weighted by Gasteiger charge is 2.10. The molecular weight excluding hydrogens is 267 g/mol. The summed E-state index contributed by atoms with van der Waals surface area (Å²) in [5, 5.41) is 13.0. The number of fused-ring (bicyclic) bond motifs is 1. The zero-order chi connectivity index (χ0) is 14.8. The van der Waals surface area contributed by atoms with E-state index in [4.69, 9.17) is 11.0 Å². The third kappa shape index (κ3) is 2.23. The fraction of sp³-hybridized carbons (Fsp3) is 0. The van der Waals surface area contributed by atoms with E-state index in [1.807, 2.05) is 12.1 Å². The molecule has 21 heavy (non-hydrogen) atoms. The normalized spacial score (nSPS) is 10.3. The molecule has 0 amide bonds. The molecule has 0 radical (unpaired) electrons. The number of halogens is 1. The monoisotopic (exact) mass is 278 g/mol. The summed E-state index contributed by atoms with van der Waals surface area (Å²) in [7, 11) is 0. The molecule has 3 N–H and O–H groups in total. The first-order chi connectivity index (χ1) is 10.2. The van der Waals surface area contributed by atoms with Crippen LogP contribution < -0.4 is 11.1 Å². The van der Waals surface area contributed by atoms with Crippen LogP contribution in [0.3, 0.4) is 0 Å². The van der Waals surface area contributed by atoms with Gasteiger partial charge in [-0.2, -0.15) is 5.26 Å². The van der Waals surface area contributed by atoms with E-state index < -0.39 is 5.82 Å². The smallest absolute Gasteiger partial charge is 0.143 e. The van der Waals surface area contributed by atoms with Gasteiger partial charge in [0.15, 0.2) is 0 Å². The maximum atomic E-state index is 13.6. The molecule has 0 saturated heterocycles. The van der Waals surface area contributed by atoms with E-state index >= 15 is 0 Å². The zero-order valence-electron chi connectivity index (χ0n) is 11.0. The van der Waals surface area contributed by atoms with Crippen molar-refractivity contribution in [3.05, 3.63) is 60.0 Å². The molecule has 0 aliphatic rings. The first kappa shape index (κ1) is 12.9. The van der Waals surface area contributed by atoms with Gasteiger partial charge in [-0.25, -0.2) is 4.39 Å². The number of nitrogens with two attached hydrogens (primary N) is 1. The molecule has 0 unspecified atom stereocenters. The summed E-state index contributed by atoms with van der Waals surface area (Å²) in [6, 6.07) is 13.5. The number of nitrogens with one attached hydrogen (secondary N) is 1. The predicted octanol–water partition coefficient (Wildman–Crippen LogP) is 3.57. The lowest BCUT2D eigenvalue weighted by atomic mass is 10.1. The van der Waals surface area contributed by atoms with Gasteiger partial charge in [0.25, 0.3) is 0 Å². The molecule has 0 spiro atoms. The lowest BCUT2D eigenvalue weighted by Crippen LogP contribution is -1.98. The molecule has 0 aliphatic carbocycles. The minimum absolute atomic E-state index is 0.0219. The predicted molar refractivity (Wildman–Crippen MR) is 80.6 cm³/mol. The maximum Gasteiger partial charge on any atom is 0.143 e. The maximum absolute atomic E-state index is 13.6. The van der Waals surface area contributed by atoms with Crippen LogP contribution in [0.15, 0.2) is 48.7 Å². The van der Waals surface area contributed by atoms with Crippen molar-refractivity contribution in [2.24, 2.45) is 0 Å². The summed E-state index contributed by atoms with van der Waals surface area (Å²) >= 11 is 0. The minimum Gasteiger partial charge on any atom is -0.397 e. The molecule has 3 rings (SSSR count). The first-order valence-corrected chi connectivity index (χ1v) is 6.29. The summed E-state index contributed by atoms with van der Waals surface area (Å²) < 4.78 is 13.6. The fourth-order valence-electron chi connectivity index (χ4n) is 2.19. The number of nitrogens with zero attached hydrogens (tertiary/aromatic N) is 2. The summed E-state index contributed by atoms with van der Waals surface area (Å²) in [5.41, 5.74) is 8.23. The van der Waals surface area contributed by atoms with E-state index in [0.717, 1.165) is 11.1 Å². The van der Waals surface area contributed by atoms with Crippen molar-refractivity contribution in [1.29, 1.82) is 5.26 Å². The fourth-order valence-corrected chi connectivity index (χ4v) is 2.19. The lowest BCUT2D eigenvalue weighted by molar-refractivity contribution is 0.624. The number of aromatic nitrogens is 1. The van der Waals surface area contributed by atoms with Crippen LogP contribution >= 0.6 is 0 Å². The molecule has 4 nitrogen and oxygen atoms in total. The van der Waals surface area contributed by atoms with Gasteiger partial charge in [0.2, 0.25) is 0 Å². The molecule has 0 fully saturated rings. The number of anilines is 3. The molecule has 1 aromatic heterocycles. The number of benzene rings is 2.